The smallest absolute Gasteiger partial charge is 0.240 e. The van der Waals surface area contributed by atoms with Gasteiger partial charge in [0.1, 0.15) is 5.41 Å². The van der Waals surface area contributed by atoms with Crippen LogP contribution in [-0.2, 0) is 14.4 Å². The Kier molecular flexibility index (Phi) is 5.26. The fourth-order valence-corrected chi connectivity index (χ4v) is 2.93. The summed E-state index contributed by atoms with van der Waals surface area (Å²) in [4.78, 5) is 36.4. The normalized spacial score (nSPS) is 15.3. The van der Waals surface area contributed by atoms with E-state index in [0.29, 0.717) is 24.2 Å². The summed E-state index contributed by atoms with van der Waals surface area (Å²) >= 11 is 0. The zero-order valence-electron chi connectivity index (χ0n) is 15.4. The molecule has 1 fully saturated rings. The number of anilines is 2. The van der Waals surface area contributed by atoms with E-state index >= 15 is 0 Å². The van der Waals surface area contributed by atoms with Gasteiger partial charge in [-0.25, -0.2) is 0 Å². The quantitative estimate of drug-likeness (QED) is 0.687. The molecule has 140 valence electrons. The zero-order valence-corrected chi connectivity index (χ0v) is 15.4. The second kappa shape index (κ2) is 7.61. The van der Waals surface area contributed by atoms with Crippen LogP contribution in [0.4, 0.5) is 11.4 Å². The first-order chi connectivity index (χ1) is 12.9. The molecule has 0 radical (unpaired) electrons. The van der Waals surface area contributed by atoms with E-state index in [2.05, 4.69) is 16.0 Å². The third kappa shape index (κ3) is 4.34. The van der Waals surface area contributed by atoms with Gasteiger partial charge in [0.25, 0.3) is 0 Å². The summed E-state index contributed by atoms with van der Waals surface area (Å²) in [5, 5.41) is 8.42. The van der Waals surface area contributed by atoms with Crippen LogP contribution in [0.3, 0.4) is 0 Å². The third-order valence-electron chi connectivity index (χ3n) is 4.73. The van der Waals surface area contributed by atoms with E-state index in [0.717, 1.165) is 5.56 Å². The Morgan fingerprint density at radius 1 is 0.852 bits per heavy atom. The van der Waals surface area contributed by atoms with E-state index in [1.54, 1.807) is 24.3 Å². The Morgan fingerprint density at radius 2 is 1.41 bits per heavy atom. The van der Waals surface area contributed by atoms with Crippen LogP contribution in [0.1, 0.15) is 38.3 Å². The molecule has 3 N–H and O–H groups in total. The summed E-state index contributed by atoms with van der Waals surface area (Å²) in [6.45, 7) is 3.34. The number of hydrogen-bond acceptors (Lipinski definition) is 3. The molecule has 2 aromatic carbocycles. The van der Waals surface area contributed by atoms with Crippen LogP contribution in [0.15, 0.2) is 54.6 Å². The highest BCUT2D eigenvalue weighted by Gasteiger charge is 2.56. The monoisotopic (exact) mass is 365 g/mol. The number of benzene rings is 2. The second-order valence-corrected chi connectivity index (χ2v) is 6.90. The summed E-state index contributed by atoms with van der Waals surface area (Å²) in [7, 11) is 0. The van der Waals surface area contributed by atoms with Crippen molar-refractivity contribution in [2.75, 3.05) is 10.6 Å². The molecule has 1 unspecified atom stereocenters. The van der Waals surface area contributed by atoms with Crippen LogP contribution in [0.25, 0.3) is 0 Å². The van der Waals surface area contributed by atoms with Crippen molar-refractivity contribution in [3.63, 3.8) is 0 Å². The fourth-order valence-electron chi connectivity index (χ4n) is 2.93. The largest absolute Gasteiger partial charge is 0.349 e. The highest BCUT2D eigenvalue weighted by molar-refractivity contribution is 6.13. The van der Waals surface area contributed by atoms with Crippen LogP contribution < -0.4 is 16.0 Å². The van der Waals surface area contributed by atoms with Crippen molar-refractivity contribution >= 4 is 29.1 Å². The molecule has 6 heteroatoms. The summed E-state index contributed by atoms with van der Waals surface area (Å²) < 4.78 is 0. The van der Waals surface area contributed by atoms with Crippen LogP contribution in [0, 0.1) is 5.41 Å². The summed E-state index contributed by atoms with van der Waals surface area (Å²) in [6.07, 6.45) is 1.08. The van der Waals surface area contributed by atoms with E-state index < -0.39 is 5.41 Å². The van der Waals surface area contributed by atoms with Gasteiger partial charge in [-0.2, -0.15) is 0 Å². The van der Waals surface area contributed by atoms with Gasteiger partial charge in [-0.3, -0.25) is 14.4 Å². The Balaban J connectivity index is 1.62. The molecular weight excluding hydrogens is 342 g/mol. The minimum Gasteiger partial charge on any atom is -0.349 e. The molecule has 1 atom stereocenters. The Labute approximate surface area is 158 Å². The lowest BCUT2D eigenvalue weighted by molar-refractivity contribution is -0.134. The van der Waals surface area contributed by atoms with E-state index in [4.69, 9.17) is 0 Å². The molecule has 27 heavy (non-hydrogen) atoms. The lowest BCUT2D eigenvalue weighted by Crippen LogP contribution is -2.41. The van der Waals surface area contributed by atoms with Crippen molar-refractivity contribution in [2.45, 2.75) is 32.7 Å². The molecular formula is C21H23N3O3. The van der Waals surface area contributed by atoms with E-state index in [1.165, 1.54) is 6.92 Å². The molecule has 2 aromatic rings. The molecule has 0 spiro atoms. The molecule has 0 saturated heterocycles. The van der Waals surface area contributed by atoms with Gasteiger partial charge in [0.05, 0.1) is 6.04 Å². The fraction of sp³-hybridized carbons (Fsp3) is 0.286. The van der Waals surface area contributed by atoms with Crippen LogP contribution in [0.2, 0.25) is 0 Å². The van der Waals surface area contributed by atoms with Crippen molar-refractivity contribution < 1.29 is 14.4 Å². The Bertz CT molecular complexity index is 843. The average Bonchev–Trinajstić information content (AvgIpc) is 3.46. The second-order valence-electron chi connectivity index (χ2n) is 6.90. The lowest BCUT2D eigenvalue weighted by atomic mass is 10.0. The molecule has 1 aliphatic rings. The molecule has 3 rings (SSSR count). The Morgan fingerprint density at radius 3 is 1.93 bits per heavy atom. The molecule has 1 saturated carbocycles. The maximum absolute atomic E-state index is 12.7. The van der Waals surface area contributed by atoms with Gasteiger partial charge < -0.3 is 16.0 Å². The maximum Gasteiger partial charge on any atom is 0.240 e. The summed E-state index contributed by atoms with van der Waals surface area (Å²) in [5.74, 6) is -0.702. The van der Waals surface area contributed by atoms with Gasteiger partial charge in [0.15, 0.2) is 0 Å². The maximum atomic E-state index is 12.7. The van der Waals surface area contributed by atoms with Crippen LogP contribution in [0.5, 0.6) is 0 Å². The summed E-state index contributed by atoms with van der Waals surface area (Å²) in [5.41, 5.74) is 1.23. The first-order valence-electron chi connectivity index (χ1n) is 8.96. The van der Waals surface area contributed by atoms with Crippen molar-refractivity contribution in [3.05, 3.63) is 60.2 Å². The van der Waals surface area contributed by atoms with Gasteiger partial charge in [-0.05, 0) is 49.6 Å². The van der Waals surface area contributed by atoms with Crippen molar-refractivity contribution in [3.8, 4) is 0 Å². The molecule has 0 aromatic heterocycles. The summed E-state index contributed by atoms with van der Waals surface area (Å²) in [6, 6.07) is 16.3. The predicted octanol–water partition coefficient (Wildman–Crippen LogP) is 3.24. The number of carbonyl (C=O) groups is 3. The predicted molar refractivity (Wildman–Crippen MR) is 104 cm³/mol. The number of amides is 3. The van der Waals surface area contributed by atoms with E-state index in [9.17, 15) is 14.4 Å². The zero-order chi connectivity index (χ0) is 19.4. The van der Waals surface area contributed by atoms with E-state index in [1.807, 2.05) is 37.3 Å². The number of hydrogen-bond donors (Lipinski definition) is 3. The number of rotatable bonds is 6. The van der Waals surface area contributed by atoms with Crippen molar-refractivity contribution in [1.29, 1.82) is 0 Å². The third-order valence-corrected chi connectivity index (χ3v) is 4.73. The average molecular weight is 365 g/mol. The minimum atomic E-state index is -1.00. The molecule has 1 aliphatic carbocycles. The van der Waals surface area contributed by atoms with Crippen LogP contribution in [-0.4, -0.2) is 17.7 Å². The standard InChI is InChI=1S/C21H23N3O3/c1-14(16-6-4-3-5-7-16)22-19(26)21(12-13-21)20(27)24-18-10-8-17(9-11-18)23-15(2)25/h3-11,14H,12-13H2,1-2H3,(H,22,26)(H,23,25)(H,24,27). The van der Waals surface area contributed by atoms with Crippen LogP contribution >= 0.6 is 0 Å². The van der Waals surface area contributed by atoms with Gasteiger partial charge in [-0.1, -0.05) is 30.3 Å². The molecule has 3 amide bonds. The molecule has 0 heterocycles. The van der Waals surface area contributed by atoms with Crippen molar-refractivity contribution in [2.24, 2.45) is 5.41 Å². The lowest BCUT2D eigenvalue weighted by Gasteiger charge is -2.20. The molecule has 0 bridgehead atoms. The van der Waals surface area contributed by atoms with Gasteiger partial charge in [0.2, 0.25) is 17.7 Å². The van der Waals surface area contributed by atoms with Gasteiger partial charge in [0, 0.05) is 18.3 Å². The van der Waals surface area contributed by atoms with Crippen molar-refractivity contribution in [1.82, 2.24) is 5.32 Å². The van der Waals surface area contributed by atoms with Gasteiger partial charge >= 0.3 is 0 Å². The molecule has 0 aliphatic heterocycles. The Hall–Kier alpha value is -3.15. The highest BCUT2D eigenvalue weighted by atomic mass is 16.2. The number of nitrogens with one attached hydrogen (secondary N) is 3. The highest BCUT2D eigenvalue weighted by Crippen LogP contribution is 2.47. The van der Waals surface area contributed by atoms with E-state index in [-0.39, 0.29) is 23.8 Å². The minimum absolute atomic E-state index is 0.159. The molecule has 6 nitrogen and oxygen atoms in total. The SMILES string of the molecule is CC(=O)Nc1ccc(NC(=O)C2(C(=O)NC(C)c3ccccc3)CC2)cc1. The van der Waals surface area contributed by atoms with Gasteiger partial charge in [-0.15, -0.1) is 0 Å². The first-order valence-corrected chi connectivity index (χ1v) is 8.96. The first kappa shape index (κ1) is 18.6. The topological polar surface area (TPSA) is 87.3 Å². The number of carbonyl (C=O) groups excluding carboxylic acids is 3.